The summed E-state index contributed by atoms with van der Waals surface area (Å²) in [6, 6.07) is 7.52. The summed E-state index contributed by atoms with van der Waals surface area (Å²) >= 11 is 0. The van der Waals surface area contributed by atoms with E-state index in [1.165, 1.54) is 32.4 Å². The zero-order valence-corrected chi connectivity index (χ0v) is 16.9. The summed E-state index contributed by atoms with van der Waals surface area (Å²) in [5, 5.41) is 9.51. The topological polar surface area (TPSA) is 111 Å². The molecule has 0 aliphatic heterocycles. The highest BCUT2D eigenvalue weighted by Gasteiger charge is 2.23. The maximum Gasteiger partial charge on any atom is 0.337 e. The quantitative estimate of drug-likeness (QED) is 0.613. The number of benzene rings is 2. The fourth-order valence-electron chi connectivity index (χ4n) is 2.53. The van der Waals surface area contributed by atoms with Gasteiger partial charge >= 0.3 is 5.97 Å². The average molecular weight is 409 g/mol. The molecule has 0 unspecified atom stereocenters. The van der Waals surface area contributed by atoms with E-state index < -0.39 is 16.0 Å². The van der Waals surface area contributed by atoms with Crippen LogP contribution in [-0.2, 0) is 14.8 Å². The lowest BCUT2D eigenvalue weighted by atomic mass is 10.1. The van der Waals surface area contributed by atoms with E-state index in [4.69, 9.17) is 14.2 Å². The Morgan fingerprint density at radius 3 is 2.39 bits per heavy atom. The minimum Gasteiger partial charge on any atom is -0.493 e. The maximum absolute atomic E-state index is 12.9. The summed E-state index contributed by atoms with van der Waals surface area (Å²) < 4.78 is 43.7. The van der Waals surface area contributed by atoms with Crippen LogP contribution in [0.1, 0.15) is 21.5 Å². The third-order valence-electron chi connectivity index (χ3n) is 3.96. The number of anilines is 1. The molecule has 0 aliphatic rings. The lowest BCUT2D eigenvalue weighted by molar-refractivity contribution is 0.0697. The minimum atomic E-state index is -4.02. The van der Waals surface area contributed by atoms with Gasteiger partial charge in [-0.1, -0.05) is 12.1 Å². The number of hydrogen-bond acceptors (Lipinski definition) is 6. The van der Waals surface area contributed by atoms with Crippen LogP contribution in [0, 0.1) is 13.8 Å². The van der Waals surface area contributed by atoms with Crippen molar-refractivity contribution in [2.24, 2.45) is 0 Å². The van der Waals surface area contributed by atoms with Crippen molar-refractivity contribution in [3.63, 3.8) is 0 Å². The molecule has 0 bridgehead atoms. The first kappa shape index (κ1) is 21.5. The van der Waals surface area contributed by atoms with Crippen LogP contribution in [0.25, 0.3) is 0 Å². The third kappa shape index (κ3) is 4.93. The van der Waals surface area contributed by atoms with Gasteiger partial charge in [-0.2, -0.15) is 0 Å². The molecule has 0 heterocycles. The number of rotatable bonds is 9. The van der Waals surface area contributed by atoms with Crippen molar-refractivity contribution < 1.29 is 32.5 Å². The van der Waals surface area contributed by atoms with Gasteiger partial charge in [0.2, 0.25) is 0 Å². The van der Waals surface area contributed by atoms with Gasteiger partial charge in [0.15, 0.2) is 11.5 Å². The number of carboxylic acids is 1. The zero-order valence-electron chi connectivity index (χ0n) is 16.1. The number of aryl methyl sites for hydroxylation is 2. The van der Waals surface area contributed by atoms with Gasteiger partial charge in [-0.25, -0.2) is 13.2 Å². The molecular weight excluding hydrogens is 386 g/mol. The van der Waals surface area contributed by atoms with Gasteiger partial charge in [-0.15, -0.1) is 0 Å². The summed E-state index contributed by atoms with van der Waals surface area (Å²) in [5.41, 5.74) is 0.925. The molecule has 152 valence electrons. The van der Waals surface area contributed by atoms with Crippen LogP contribution >= 0.6 is 0 Å². The van der Waals surface area contributed by atoms with Crippen molar-refractivity contribution in [3.05, 3.63) is 47.0 Å². The second kappa shape index (κ2) is 8.94. The first-order valence-electron chi connectivity index (χ1n) is 8.36. The fraction of sp³-hybridized carbons (Fsp3) is 0.316. The van der Waals surface area contributed by atoms with Gasteiger partial charge in [0.05, 0.1) is 29.9 Å². The van der Waals surface area contributed by atoms with E-state index in [9.17, 15) is 18.3 Å². The van der Waals surface area contributed by atoms with Crippen molar-refractivity contribution in [1.29, 1.82) is 0 Å². The van der Waals surface area contributed by atoms with Gasteiger partial charge in [-0.05, 0) is 31.0 Å². The number of hydrogen-bond donors (Lipinski definition) is 2. The number of sulfonamides is 1. The highest BCUT2D eigenvalue weighted by Crippen LogP contribution is 2.35. The Morgan fingerprint density at radius 1 is 1.07 bits per heavy atom. The van der Waals surface area contributed by atoms with E-state index >= 15 is 0 Å². The first-order valence-corrected chi connectivity index (χ1v) is 9.85. The van der Waals surface area contributed by atoms with E-state index in [0.29, 0.717) is 12.2 Å². The van der Waals surface area contributed by atoms with Crippen LogP contribution in [0.4, 0.5) is 5.69 Å². The van der Waals surface area contributed by atoms with Crippen LogP contribution < -0.4 is 14.2 Å². The van der Waals surface area contributed by atoms with Crippen molar-refractivity contribution in [3.8, 4) is 11.5 Å². The number of carbonyl (C=O) groups is 1. The Bertz CT molecular complexity index is 970. The molecule has 0 spiro atoms. The molecule has 2 N–H and O–H groups in total. The highest BCUT2D eigenvalue weighted by atomic mass is 32.2. The molecule has 2 aromatic carbocycles. The molecule has 8 nitrogen and oxygen atoms in total. The number of methoxy groups -OCH3 is 2. The van der Waals surface area contributed by atoms with Gasteiger partial charge in [0.25, 0.3) is 10.0 Å². The average Bonchev–Trinajstić information content (AvgIpc) is 2.63. The molecule has 2 rings (SSSR count). The van der Waals surface area contributed by atoms with Crippen LogP contribution in [-0.4, -0.2) is 46.9 Å². The van der Waals surface area contributed by atoms with Gasteiger partial charge in [-0.3, -0.25) is 4.72 Å². The lowest BCUT2D eigenvalue weighted by Gasteiger charge is -2.17. The van der Waals surface area contributed by atoms with Crippen LogP contribution in [0.3, 0.4) is 0 Å². The minimum absolute atomic E-state index is 0.0708. The van der Waals surface area contributed by atoms with Gasteiger partial charge in [0, 0.05) is 19.2 Å². The molecule has 0 saturated carbocycles. The van der Waals surface area contributed by atoms with Crippen LogP contribution in [0.15, 0.2) is 35.2 Å². The van der Waals surface area contributed by atoms with E-state index in [0.717, 1.165) is 5.56 Å². The SMILES string of the molecule is COCCOc1cc(NS(=O)(=O)c2cc(C)ccc2C)c(C(=O)O)cc1OC. The van der Waals surface area contributed by atoms with Crippen molar-refractivity contribution in [2.75, 3.05) is 32.2 Å². The third-order valence-corrected chi connectivity index (χ3v) is 5.46. The normalized spacial score (nSPS) is 11.1. The number of carboxylic acid groups (broad SMARTS) is 1. The Labute approximate surface area is 164 Å². The largest absolute Gasteiger partial charge is 0.493 e. The predicted octanol–water partition coefficient (Wildman–Crippen LogP) is 2.84. The Hall–Kier alpha value is -2.78. The standard InChI is InChI=1S/C19H23NO7S/c1-12-5-6-13(2)18(9-12)28(23,24)20-15-11-17(27-8-7-25-3)16(26-4)10-14(15)19(21)22/h5-6,9-11,20H,7-8H2,1-4H3,(H,21,22). The van der Waals surface area contributed by atoms with E-state index in [1.54, 1.807) is 26.0 Å². The molecule has 9 heteroatoms. The Morgan fingerprint density at radius 2 is 1.79 bits per heavy atom. The summed E-state index contributed by atoms with van der Waals surface area (Å²) in [6.45, 7) is 3.92. The summed E-state index contributed by atoms with van der Waals surface area (Å²) in [5.74, 6) is -0.938. The smallest absolute Gasteiger partial charge is 0.337 e. The Balaban J connectivity index is 2.51. The molecule has 0 atom stereocenters. The lowest BCUT2D eigenvalue weighted by Crippen LogP contribution is -2.17. The van der Waals surface area contributed by atoms with Crippen LogP contribution in [0.2, 0.25) is 0 Å². The first-order chi connectivity index (χ1) is 13.2. The highest BCUT2D eigenvalue weighted by molar-refractivity contribution is 7.92. The van der Waals surface area contributed by atoms with Gasteiger partial charge in [0.1, 0.15) is 6.61 Å². The summed E-state index contributed by atoms with van der Waals surface area (Å²) in [7, 11) is -1.14. The molecule has 0 aliphatic carbocycles. The molecule has 2 aromatic rings. The van der Waals surface area contributed by atoms with E-state index in [-0.39, 0.29) is 34.3 Å². The summed E-state index contributed by atoms with van der Waals surface area (Å²) in [4.78, 5) is 11.7. The number of aromatic carboxylic acids is 1. The van der Waals surface area contributed by atoms with Gasteiger partial charge < -0.3 is 19.3 Å². The second-order valence-corrected chi connectivity index (χ2v) is 7.72. The molecule has 28 heavy (non-hydrogen) atoms. The molecule has 0 fully saturated rings. The van der Waals surface area contributed by atoms with Crippen LogP contribution in [0.5, 0.6) is 11.5 Å². The Kier molecular flexibility index (Phi) is 6.87. The van der Waals surface area contributed by atoms with Crippen molar-refractivity contribution in [1.82, 2.24) is 0 Å². The van der Waals surface area contributed by atoms with Crippen molar-refractivity contribution in [2.45, 2.75) is 18.7 Å². The summed E-state index contributed by atoms with van der Waals surface area (Å²) in [6.07, 6.45) is 0. The number of nitrogens with one attached hydrogen (secondary N) is 1. The maximum atomic E-state index is 12.9. The fourth-order valence-corrected chi connectivity index (χ4v) is 3.93. The van der Waals surface area contributed by atoms with E-state index in [2.05, 4.69) is 4.72 Å². The molecule has 0 amide bonds. The van der Waals surface area contributed by atoms with E-state index in [1.807, 2.05) is 0 Å². The number of ether oxygens (including phenoxy) is 3. The molecule has 0 saturated heterocycles. The zero-order chi connectivity index (χ0) is 20.9. The predicted molar refractivity (Wildman–Crippen MR) is 104 cm³/mol. The molecule has 0 aromatic heterocycles. The molecular formula is C19H23NO7S. The monoisotopic (exact) mass is 409 g/mol. The second-order valence-electron chi connectivity index (χ2n) is 6.07. The molecule has 0 radical (unpaired) electrons. The van der Waals surface area contributed by atoms with Crippen molar-refractivity contribution >= 4 is 21.7 Å².